The molecule has 1 aliphatic heterocycles. The normalized spacial score (nSPS) is 17.4. The summed E-state index contributed by atoms with van der Waals surface area (Å²) in [6.45, 7) is 2.63. The summed E-state index contributed by atoms with van der Waals surface area (Å²) >= 11 is 0. The molecule has 1 heterocycles. The predicted octanol–water partition coefficient (Wildman–Crippen LogP) is 0.894. The summed E-state index contributed by atoms with van der Waals surface area (Å²) in [5, 5.41) is 2.85. The highest BCUT2D eigenvalue weighted by Crippen LogP contribution is 2.16. The first-order valence-electron chi connectivity index (χ1n) is 7.09. The second-order valence-corrected chi connectivity index (χ2v) is 5.34. The van der Waals surface area contributed by atoms with E-state index in [0.717, 1.165) is 0 Å². The van der Waals surface area contributed by atoms with Crippen molar-refractivity contribution < 1.29 is 14.0 Å². The minimum absolute atomic E-state index is 0.0215. The molecule has 2 rings (SSSR count). The van der Waals surface area contributed by atoms with Crippen LogP contribution < -0.4 is 11.1 Å². The van der Waals surface area contributed by atoms with Crippen LogP contribution in [0.3, 0.4) is 0 Å². The van der Waals surface area contributed by atoms with Crippen LogP contribution in [0, 0.1) is 5.82 Å². The first kappa shape index (κ1) is 15.4. The van der Waals surface area contributed by atoms with Crippen LogP contribution >= 0.6 is 0 Å². The van der Waals surface area contributed by atoms with Gasteiger partial charge >= 0.3 is 0 Å². The number of carbonyl (C=O) groups is 2. The van der Waals surface area contributed by atoms with Gasteiger partial charge in [0.1, 0.15) is 5.82 Å². The number of nitrogens with one attached hydrogen (secondary N) is 1. The molecule has 0 bridgehead atoms. The van der Waals surface area contributed by atoms with E-state index in [0.29, 0.717) is 25.9 Å². The zero-order valence-corrected chi connectivity index (χ0v) is 12.0. The average molecular weight is 293 g/mol. The SMILES string of the molecule is C[C@@H](N)C(=O)NC1CCN(C(=O)c2ccccc2F)CC1. The van der Waals surface area contributed by atoms with Crippen molar-refractivity contribution in [3.8, 4) is 0 Å². The van der Waals surface area contributed by atoms with Crippen molar-refractivity contribution in [1.82, 2.24) is 10.2 Å². The third kappa shape index (κ3) is 3.78. The maximum atomic E-state index is 13.6. The van der Waals surface area contributed by atoms with E-state index < -0.39 is 11.9 Å². The molecule has 1 saturated heterocycles. The summed E-state index contributed by atoms with van der Waals surface area (Å²) in [5.41, 5.74) is 5.60. The largest absolute Gasteiger partial charge is 0.352 e. The monoisotopic (exact) mass is 293 g/mol. The van der Waals surface area contributed by atoms with Gasteiger partial charge in [-0.1, -0.05) is 12.1 Å². The lowest BCUT2D eigenvalue weighted by atomic mass is 10.0. The quantitative estimate of drug-likeness (QED) is 0.869. The smallest absolute Gasteiger partial charge is 0.256 e. The van der Waals surface area contributed by atoms with E-state index in [2.05, 4.69) is 5.32 Å². The molecule has 3 N–H and O–H groups in total. The number of amides is 2. The van der Waals surface area contributed by atoms with E-state index in [1.165, 1.54) is 12.1 Å². The zero-order chi connectivity index (χ0) is 15.4. The fourth-order valence-corrected chi connectivity index (χ4v) is 2.36. The minimum Gasteiger partial charge on any atom is -0.352 e. The number of nitrogens with two attached hydrogens (primary N) is 1. The molecule has 1 aromatic rings. The van der Waals surface area contributed by atoms with Gasteiger partial charge in [0.05, 0.1) is 11.6 Å². The van der Waals surface area contributed by atoms with Crippen LogP contribution in [0.2, 0.25) is 0 Å². The Bertz CT molecular complexity index is 525. The Morgan fingerprint density at radius 2 is 1.95 bits per heavy atom. The van der Waals surface area contributed by atoms with Gasteiger partial charge in [-0.05, 0) is 31.9 Å². The Labute approximate surface area is 123 Å². The Kier molecular flexibility index (Phi) is 4.90. The van der Waals surface area contributed by atoms with E-state index in [4.69, 9.17) is 5.73 Å². The highest BCUT2D eigenvalue weighted by molar-refractivity contribution is 5.94. The summed E-state index contributed by atoms with van der Waals surface area (Å²) < 4.78 is 13.6. The molecule has 1 aromatic carbocycles. The summed E-state index contributed by atoms with van der Waals surface area (Å²) in [5.74, 6) is -0.992. The number of nitrogens with zero attached hydrogens (tertiary/aromatic N) is 1. The zero-order valence-electron chi connectivity index (χ0n) is 12.0. The van der Waals surface area contributed by atoms with Gasteiger partial charge in [0.25, 0.3) is 5.91 Å². The van der Waals surface area contributed by atoms with Gasteiger partial charge in [0.15, 0.2) is 0 Å². The van der Waals surface area contributed by atoms with Crippen LogP contribution in [-0.2, 0) is 4.79 Å². The van der Waals surface area contributed by atoms with Crippen LogP contribution in [0.25, 0.3) is 0 Å². The first-order chi connectivity index (χ1) is 9.99. The minimum atomic E-state index is -0.539. The summed E-state index contributed by atoms with van der Waals surface area (Å²) in [6.07, 6.45) is 1.30. The Hall–Kier alpha value is -1.95. The molecule has 1 aliphatic rings. The Balaban J connectivity index is 1.91. The number of carbonyl (C=O) groups excluding carboxylic acids is 2. The molecule has 1 fully saturated rings. The van der Waals surface area contributed by atoms with Gasteiger partial charge in [-0.25, -0.2) is 4.39 Å². The number of hydrogen-bond donors (Lipinski definition) is 2. The summed E-state index contributed by atoms with van der Waals surface area (Å²) in [4.78, 5) is 25.4. The number of rotatable bonds is 3. The number of benzene rings is 1. The standard InChI is InChI=1S/C15H20FN3O2/c1-10(17)14(20)18-11-6-8-19(9-7-11)15(21)12-4-2-3-5-13(12)16/h2-5,10-11H,6-9,17H2,1H3,(H,18,20)/t10-/m1/s1. The Morgan fingerprint density at radius 3 is 2.52 bits per heavy atom. The molecule has 114 valence electrons. The molecule has 0 unspecified atom stereocenters. The average Bonchev–Trinajstić information content (AvgIpc) is 2.47. The van der Waals surface area contributed by atoms with E-state index in [1.807, 2.05) is 0 Å². The number of piperidine rings is 1. The molecular formula is C15H20FN3O2. The van der Waals surface area contributed by atoms with Gasteiger partial charge in [-0.15, -0.1) is 0 Å². The van der Waals surface area contributed by atoms with Crippen LogP contribution in [0.1, 0.15) is 30.1 Å². The lowest BCUT2D eigenvalue weighted by Gasteiger charge is -2.32. The lowest BCUT2D eigenvalue weighted by molar-refractivity contribution is -0.122. The Morgan fingerprint density at radius 1 is 1.33 bits per heavy atom. The van der Waals surface area contributed by atoms with Crippen molar-refractivity contribution in [2.24, 2.45) is 5.73 Å². The molecule has 0 aliphatic carbocycles. The third-order valence-electron chi connectivity index (χ3n) is 3.65. The summed E-state index contributed by atoms with van der Waals surface area (Å²) in [7, 11) is 0. The van der Waals surface area contributed by atoms with Crippen LogP contribution in [0.5, 0.6) is 0 Å². The van der Waals surface area contributed by atoms with E-state index in [1.54, 1.807) is 24.0 Å². The van der Waals surface area contributed by atoms with E-state index >= 15 is 0 Å². The van der Waals surface area contributed by atoms with Crippen LogP contribution in [0.15, 0.2) is 24.3 Å². The first-order valence-corrected chi connectivity index (χ1v) is 7.09. The van der Waals surface area contributed by atoms with E-state index in [-0.39, 0.29) is 23.4 Å². The molecule has 2 amide bonds. The maximum absolute atomic E-state index is 13.6. The van der Waals surface area contributed by atoms with Gasteiger partial charge in [-0.3, -0.25) is 9.59 Å². The molecule has 0 spiro atoms. The van der Waals surface area contributed by atoms with Gasteiger partial charge < -0.3 is 16.0 Å². The van der Waals surface area contributed by atoms with Crippen molar-refractivity contribution in [3.05, 3.63) is 35.6 Å². The van der Waals surface area contributed by atoms with Crippen molar-refractivity contribution in [3.63, 3.8) is 0 Å². The molecule has 0 saturated carbocycles. The topological polar surface area (TPSA) is 75.4 Å². The highest BCUT2D eigenvalue weighted by atomic mass is 19.1. The van der Waals surface area contributed by atoms with Crippen molar-refractivity contribution in [1.29, 1.82) is 0 Å². The number of halogens is 1. The molecule has 1 atom stereocenters. The van der Waals surface area contributed by atoms with Crippen LogP contribution in [-0.4, -0.2) is 41.9 Å². The second kappa shape index (κ2) is 6.67. The van der Waals surface area contributed by atoms with E-state index in [9.17, 15) is 14.0 Å². The molecule has 0 aromatic heterocycles. The fourth-order valence-electron chi connectivity index (χ4n) is 2.36. The molecule has 21 heavy (non-hydrogen) atoms. The summed E-state index contributed by atoms with van der Waals surface area (Å²) in [6, 6.07) is 5.45. The number of likely N-dealkylation sites (tertiary alicyclic amines) is 1. The number of hydrogen-bond acceptors (Lipinski definition) is 3. The maximum Gasteiger partial charge on any atom is 0.256 e. The lowest BCUT2D eigenvalue weighted by Crippen LogP contribution is -2.49. The molecule has 5 nitrogen and oxygen atoms in total. The molecule has 6 heteroatoms. The molecule has 0 radical (unpaired) electrons. The van der Waals surface area contributed by atoms with Crippen LogP contribution in [0.4, 0.5) is 4.39 Å². The van der Waals surface area contributed by atoms with Gasteiger partial charge in [-0.2, -0.15) is 0 Å². The van der Waals surface area contributed by atoms with Crippen molar-refractivity contribution >= 4 is 11.8 Å². The van der Waals surface area contributed by atoms with Gasteiger partial charge in [0.2, 0.25) is 5.91 Å². The second-order valence-electron chi connectivity index (χ2n) is 5.34. The predicted molar refractivity (Wildman–Crippen MR) is 77.1 cm³/mol. The third-order valence-corrected chi connectivity index (χ3v) is 3.65. The fraction of sp³-hybridized carbons (Fsp3) is 0.467. The van der Waals surface area contributed by atoms with Crippen molar-refractivity contribution in [2.45, 2.75) is 31.8 Å². The van der Waals surface area contributed by atoms with Gasteiger partial charge in [0, 0.05) is 19.1 Å². The molecular weight excluding hydrogens is 273 g/mol. The van der Waals surface area contributed by atoms with Crippen molar-refractivity contribution in [2.75, 3.05) is 13.1 Å². The highest BCUT2D eigenvalue weighted by Gasteiger charge is 2.26.